The van der Waals surface area contributed by atoms with Crippen molar-refractivity contribution in [3.8, 4) is 0 Å². The van der Waals surface area contributed by atoms with Crippen molar-refractivity contribution in [3.05, 3.63) is 40.4 Å². The molecule has 98 valence electrons. The molecular weight excluding hydrogens is 234 g/mol. The summed E-state index contributed by atoms with van der Waals surface area (Å²) in [5.74, 6) is -0.0246. The fourth-order valence-electron chi connectivity index (χ4n) is 1.50. The van der Waals surface area contributed by atoms with Crippen molar-refractivity contribution in [2.75, 3.05) is 11.9 Å². The minimum absolute atomic E-state index is 0.0246. The summed E-state index contributed by atoms with van der Waals surface area (Å²) in [4.78, 5) is 21.5. The van der Waals surface area contributed by atoms with E-state index < -0.39 is 5.03 Å². The number of hydrogen-bond acceptors (Lipinski definition) is 3. The fraction of sp³-hybridized carbons (Fsp3) is 0.417. The molecule has 0 spiro atoms. The molecule has 0 unspecified atom stereocenters. The third-order valence-corrected chi connectivity index (χ3v) is 2.38. The van der Waals surface area contributed by atoms with Crippen molar-refractivity contribution >= 4 is 11.6 Å². The van der Waals surface area contributed by atoms with Crippen LogP contribution in [0.5, 0.6) is 0 Å². The van der Waals surface area contributed by atoms with Crippen LogP contribution >= 0.6 is 0 Å². The van der Waals surface area contributed by atoms with Gasteiger partial charge in [0.05, 0.1) is 6.54 Å². The average Bonchev–Trinajstić information content (AvgIpc) is 2.34. The van der Waals surface area contributed by atoms with E-state index in [9.17, 15) is 14.9 Å². The van der Waals surface area contributed by atoms with E-state index in [-0.39, 0.29) is 5.91 Å². The molecule has 1 aromatic carbocycles. The molecule has 18 heavy (non-hydrogen) atoms. The first kappa shape index (κ1) is 14.0. The van der Waals surface area contributed by atoms with Crippen LogP contribution in [0.4, 0.5) is 5.69 Å². The van der Waals surface area contributed by atoms with Gasteiger partial charge in [0.15, 0.2) is 5.03 Å². The first-order valence-corrected chi connectivity index (χ1v) is 5.91. The third-order valence-electron chi connectivity index (χ3n) is 2.38. The van der Waals surface area contributed by atoms with Crippen molar-refractivity contribution in [2.24, 2.45) is 0 Å². The summed E-state index contributed by atoms with van der Waals surface area (Å²) in [6.45, 7) is 0.341. The van der Waals surface area contributed by atoms with Gasteiger partial charge in [-0.25, -0.2) is 10.1 Å². The average molecular weight is 251 g/mol. The standard InChI is InChI=1S/C12H17N3O3/c16-12(14-11-7-3-1-4-8-11)9-5-2-6-10-13-15(17)18/h1,3-4,7-8,13H,2,5-6,9-10H2,(H,14,16). The number of rotatable bonds is 8. The highest BCUT2D eigenvalue weighted by Crippen LogP contribution is 2.07. The van der Waals surface area contributed by atoms with Crippen molar-refractivity contribution in [3.63, 3.8) is 0 Å². The zero-order valence-corrected chi connectivity index (χ0v) is 10.1. The van der Waals surface area contributed by atoms with Gasteiger partial charge in [-0.1, -0.05) is 24.6 Å². The number of hydrazine groups is 1. The number of para-hydroxylation sites is 1. The Bertz CT molecular complexity index is 381. The molecule has 0 aliphatic heterocycles. The summed E-state index contributed by atoms with van der Waals surface area (Å²) in [5.41, 5.74) is 2.88. The number of hydrogen-bond donors (Lipinski definition) is 2. The first-order valence-electron chi connectivity index (χ1n) is 5.91. The number of nitrogens with zero attached hydrogens (tertiary/aromatic N) is 1. The number of nitro groups is 1. The lowest BCUT2D eigenvalue weighted by Crippen LogP contribution is -2.22. The molecule has 0 fully saturated rings. The van der Waals surface area contributed by atoms with E-state index in [4.69, 9.17) is 0 Å². The Hall–Kier alpha value is -2.11. The van der Waals surface area contributed by atoms with Gasteiger partial charge in [0.1, 0.15) is 0 Å². The molecule has 0 saturated heterocycles. The van der Waals surface area contributed by atoms with Gasteiger partial charge < -0.3 is 5.32 Å². The van der Waals surface area contributed by atoms with Crippen LogP contribution in [0.2, 0.25) is 0 Å². The highest BCUT2D eigenvalue weighted by molar-refractivity contribution is 5.90. The number of carbonyl (C=O) groups excluding carboxylic acids is 1. The molecule has 0 aliphatic rings. The SMILES string of the molecule is O=C(CCCCCN[N+](=O)[O-])Nc1ccccc1. The van der Waals surface area contributed by atoms with Gasteiger partial charge in [-0.2, -0.15) is 0 Å². The van der Waals surface area contributed by atoms with Gasteiger partial charge in [0.2, 0.25) is 5.91 Å². The molecule has 0 bridgehead atoms. The number of unbranched alkanes of at least 4 members (excludes halogenated alkanes) is 2. The van der Waals surface area contributed by atoms with Crippen molar-refractivity contribution in [1.29, 1.82) is 0 Å². The minimum Gasteiger partial charge on any atom is -0.326 e. The van der Waals surface area contributed by atoms with Crippen LogP contribution in [0.1, 0.15) is 25.7 Å². The molecule has 2 N–H and O–H groups in total. The van der Waals surface area contributed by atoms with Crippen LogP contribution < -0.4 is 10.7 Å². The quantitative estimate of drug-likeness (QED) is 0.420. The highest BCUT2D eigenvalue weighted by Gasteiger charge is 2.02. The number of carbonyl (C=O) groups is 1. The molecule has 1 amide bonds. The summed E-state index contributed by atoms with van der Waals surface area (Å²) in [6.07, 6.45) is 2.66. The highest BCUT2D eigenvalue weighted by atomic mass is 16.7. The molecule has 0 saturated carbocycles. The van der Waals surface area contributed by atoms with Crippen LogP contribution in [0.15, 0.2) is 30.3 Å². The Morgan fingerprint density at radius 1 is 1.17 bits per heavy atom. The second kappa shape index (κ2) is 8.05. The number of amides is 1. The Balaban J connectivity index is 2.05. The van der Waals surface area contributed by atoms with Gasteiger partial charge in [-0.05, 0) is 25.0 Å². The molecule has 0 aromatic heterocycles. The maximum absolute atomic E-state index is 11.5. The zero-order valence-electron chi connectivity index (χ0n) is 10.1. The van der Waals surface area contributed by atoms with Gasteiger partial charge in [0, 0.05) is 12.1 Å². The van der Waals surface area contributed by atoms with Gasteiger partial charge in [0.25, 0.3) is 0 Å². The number of benzene rings is 1. The second-order valence-electron chi connectivity index (χ2n) is 3.89. The van der Waals surface area contributed by atoms with Gasteiger partial charge in [-0.3, -0.25) is 4.79 Å². The van der Waals surface area contributed by atoms with E-state index >= 15 is 0 Å². The largest absolute Gasteiger partial charge is 0.326 e. The first-order chi connectivity index (χ1) is 8.68. The van der Waals surface area contributed by atoms with Crippen molar-refractivity contribution < 1.29 is 9.83 Å². The monoisotopic (exact) mass is 251 g/mol. The van der Waals surface area contributed by atoms with Crippen LogP contribution in [-0.4, -0.2) is 17.5 Å². The minimum atomic E-state index is -0.553. The summed E-state index contributed by atoms with van der Waals surface area (Å²) in [5, 5.41) is 12.2. The molecule has 6 heteroatoms. The third kappa shape index (κ3) is 6.47. The molecule has 1 rings (SSSR count). The molecular formula is C12H17N3O3. The normalized spacial score (nSPS) is 9.78. The smallest absolute Gasteiger partial charge is 0.224 e. The molecule has 1 aromatic rings. The second-order valence-corrected chi connectivity index (χ2v) is 3.89. The summed E-state index contributed by atoms with van der Waals surface area (Å²) >= 11 is 0. The van der Waals surface area contributed by atoms with E-state index in [1.165, 1.54) is 0 Å². The van der Waals surface area contributed by atoms with Crippen molar-refractivity contribution in [2.45, 2.75) is 25.7 Å². The van der Waals surface area contributed by atoms with Crippen molar-refractivity contribution in [1.82, 2.24) is 5.43 Å². The van der Waals surface area contributed by atoms with E-state index in [0.29, 0.717) is 19.4 Å². The van der Waals surface area contributed by atoms with Crippen LogP contribution in [0.3, 0.4) is 0 Å². The molecule has 0 aliphatic carbocycles. The molecule has 0 atom stereocenters. The number of nitrogens with one attached hydrogen (secondary N) is 2. The Morgan fingerprint density at radius 3 is 2.56 bits per heavy atom. The maximum atomic E-state index is 11.5. The molecule has 0 radical (unpaired) electrons. The summed E-state index contributed by atoms with van der Waals surface area (Å²) in [6, 6.07) is 9.27. The predicted molar refractivity (Wildman–Crippen MR) is 68.5 cm³/mol. The van der Waals surface area contributed by atoms with E-state index in [0.717, 1.165) is 18.5 Å². The number of anilines is 1. The molecule has 0 heterocycles. The lowest BCUT2D eigenvalue weighted by atomic mass is 10.2. The van der Waals surface area contributed by atoms with Crippen LogP contribution in [0, 0.1) is 10.1 Å². The van der Waals surface area contributed by atoms with Gasteiger partial charge in [-0.15, -0.1) is 5.43 Å². The fourth-order valence-corrected chi connectivity index (χ4v) is 1.50. The topological polar surface area (TPSA) is 84.3 Å². The van der Waals surface area contributed by atoms with Crippen LogP contribution in [0.25, 0.3) is 0 Å². The lowest BCUT2D eigenvalue weighted by Gasteiger charge is -2.04. The van der Waals surface area contributed by atoms with Crippen LogP contribution in [-0.2, 0) is 4.79 Å². The van der Waals surface area contributed by atoms with E-state index in [2.05, 4.69) is 10.7 Å². The van der Waals surface area contributed by atoms with E-state index in [1.54, 1.807) is 0 Å². The maximum Gasteiger partial charge on any atom is 0.224 e. The van der Waals surface area contributed by atoms with Gasteiger partial charge >= 0.3 is 0 Å². The Labute approximate surface area is 106 Å². The zero-order chi connectivity index (χ0) is 13.2. The lowest BCUT2D eigenvalue weighted by molar-refractivity contribution is -0.544. The Morgan fingerprint density at radius 2 is 1.89 bits per heavy atom. The summed E-state index contributed by atoms with van der Waals surface area (Å²) in [7, 11) is 0. The predicted octanol–water partition coefficient (Wildman–Crippen LogP) is 1.97. The van der Waals surface area contributed by atoms with E-state index in [1.807, 2.05) is 30.3 Å². The summed E-state index contributed by atoms with van der Waals surface area (Å²) < 4.78 is 0. The Kier molecular flexibility index (Phi) is 6.24. The molecule has 6 nitrogen and oxygen atoms in total.